The van der Waals surface area contributed by atoms with Gasteiger partial charge in [-0.15, -0.1) is 0 Å². The number of ether oxygens (including phenoxy) is 1. The molecule has 4 aromatic rings. The molecule has 0 atom stereocenters. The standard InChI is InChI=1S/C24H24N4O3/c1-15(2)30-21-9-7-18(8-10-21)20-11-23(29)28(26-13-20)14-22-17(4)31-27-24(22)19-6-5-16(3)25-12-19/h5-13,15H,14H2,1-4H3. The van der Waals surface area contributed by atoms with Crippen molar-refractivity contribution in [2.45, 2.75) is 40.3 Å². The molecule has 0 aliphatic heterocycles. The molecule has 0 aliphatic rings. The number of nitrogens with zero attached hydrogens (tertiary/aromatic N) is 4. The van der Waals surface area contributed by atoms with E-state index in [-0.39, 0.29) is 18.2 Å². The summed E-state index contributed by atoms with van der Waals surface area (Å²) in [5.74, 6) is 1.44. The zero-order valence-electron chi connectivity index (χ0n) is 18.0. The van der Waals surface area contributed by atoms with Crippen LogP contribution in [0.1, 0.15) is 30.9 Å². The summed E-state index contributed by atoms with van der Waals surface area (Å²) in [6.45, 7) is 7.98. The van der Waals surface area contributed by atoms with E-state index in [4.69, 9.17) is 9.26 Å². The predicted octanol–water partition coefficient (Wildman–Crippen LogP) is 4.41. The highest BCUT2D eigenvalue weighted by Gasteiger charge is 2.17. The summed E-state index contributed by atoms with van der Waals surface area (Å²) in [5.41, 5.74) is 4.69. The lowest BCUT2D eigenvalue weighted by Crippen LogP contribution is -2.23. The van der Waals surface area contributed by atoms with Gasteiger partial charge in [0.1, 0.15) is 17.2 Å². The number of rotatable bonds is 6. The van der Waals surface area contributed by atoms with Crippen LogP contribution >= 0.6 is 0 Å². The lowest BCUT2D eigenvalue weighted by molar-refractivity contribution is 0.242. The van der Waals surface area contributed by atoms with Crippen molar-refractivity contribution in [3.05, 3.63) is 82.2 Å². The van der Waals surface area contributed by atoms with E-state index in [1.54, 1.807) is 18.5 Å². The SMILES string of the molecule is Cc1ccc(-c2noc(C)c2Cn2ncc(-c3ccc(OC(C)C)cc3)cc2=O)cn1. The topological polar surface area (TPSA) is 83.0 Å². The maximum atomic E-state index is 12.8. The first-order valence-electron chi connectivity index (χ1n) is 10.1. The number of hydrogen-bond donors (Lipinski definition) is 0. The van der Waals surface area contributed by atoms with Gasteiger partial charge in [0.2, 0.25) is 0 Å². The van der Waals surface area contributed by atoms with Gasteiger partial charge in [-0.25, -0.2) is 4.68 Å². The summed E-state index contributed by atoms with van der Waals surface area (Å²) >= 11 is 0. The van der Waals surface area contributed by atoms with Crippen LogP contribution in [-0.4, -0.2) is 26.0 Å². The van der Waals surface area contributed by atoms with E-state index in [9.17, 15) is 4.79 Å². The van der Waals surface area contributed by atoms with Crippen molar-refractivity contribution in [2.24, 2.45) is 0 Å². The van der Waals surface area contributed by atoms with Gasteiger partial charge in [0.05, 0.1) is 18.8 Å². The minimum Gasteiger partial charge on any atom is -0.491 e. The molecule has 31 heavy (non-hydrogen) atoms. The Hall–Kier alpha value is -3.74. The monoisotopic (exact) mass is 416 g/mol. The van der Waals surface area contributed by atoms with Crippen molar-refractivity contribution in [1.29, 1.82) is 0 Å². The molecule has 7 heteroatoms. The van der Waals surface area contributed by atoms with E-state index in [1.165, 1.54) is 4.68 Å². The van der Waals surface area contributed by atoms with Crippen molar-refractivity contribution >= 4 is 0 Å². The Bertz CT molecular complexity index is 1240. The maximum Gasteiger partial charge on any atom is 0.267 e. The number of pyridine rings is 1. The minimum absolute atomic E-state index is 0.109. The quantitative estimate of drug-likeness (QED) is 0.463. The van der Waals surface area contributed by atoms with Crippen LogP contribution in [0.4, 0.5) is 0 Å². The molecule has 0 spiro atoms. The van der Waals surface area contributed by atoms with Gasteiger partial charge in [-0.1, -0.05) is 17.3 Å². The Labute approximate surface area is 180 Å². The van der Waals surface area contributed by atoms with E-state index in [0.717, 1.165) is 33.7 Å². The van der Waals surface area contributed by atoms with E-state index in [1.807, 2.05) is 64.1 Å². The highest BCUT2D eigenvalue weighted by atomic mass is 16.5. The molecule has 1 aromatic carbocycles. The van der Waals surface area contributed by atoms with Gasteiger partial charge >= 0.3 is 0 Å². The van der Waals surface area contributed by atoms with Gasteiger partial charge in [0.25, 0.3) is 5.56 Å². The third-order valence-corrected chi connectivity index (χ3v) is 4.91. The number of benzene rings is 1. The molecular weight excluding hydrogens is 392 g/mol. The number of aryl methyl sites for hydroxylation is 2. The van der Waals surface area contributed by atoms with E-state index in [2.05, 4.69) is 15.2 Å². The van der Waals surface area contributed by atoms with Crippen LogP contribution < -0.4 is 10.3 Å². The zero-order valence-corrected chi connectivity index (χ0v) is 18.0. The van der Waals surface area contributed by atoms with Crippen molar-refractivity contribution in [2.75, 3.05) is 0 Å². The highest BCUT2D eigenvalue weighted by molar-refractivity contribution is 5.63. The summed E-state index contributed by atoms with van der Waals surface area (Å²) in [5, 5.41) is 8.54. The maximum absolute atomic E-state index is 12.8. The molecule has 0 unspecified atom stereocenters. The Morgan fingerprint density at radius 1 is 1.00 bits per heavy atom. The highest BCUT2D eigenvalue weighted by Crippen LogP contribution is 2.26. The molecule has 0 bridgehead atoms. The first-order valence-corrected chi connectivity index (χ1v) is 10.1. The van der Waals surface area contributed by atoms with E-state index in [0.29, 0.717) is 11.5 Å². The van der Waals surface area contributed by atoms with Crippen molar-refractivity contribution in [1.82, 2.24) is 19.9 Å². The largest absolute Gasteiger partial charge is 0.491 e. The molecule has 0 amide bonds. The lowest BCUT2D eigenvalue weighted by Gasteiger charge is -2.10. The average molecular weight is 416 g/mol. The molecule has 7 nitrogen and oxygen atoms in total. The summed E-state index contributed by atoms with van der Waals surface area (Å²) in [4.78, 5) is 17.1. The third-order valence-electron chi connectivity index (χ3n) is 4.91. The molecule has 0 saturated carbocycles. The molecule has 3 heterocycles. The molecule has 0 radical (unpaired) electrons. The molecule has 3 aromatic heterocycles. The zero-order chi connectivity index (χ0) is 22.0. The van der Waals surface area contributed by atoms with Crippen LogP contribution in [0.5, 0.6) is 5.75 Å². The Kier molecular flexibility index (Phi) is 5.66. The number of hydrogen-bond acceptors (Lipinski definition) is 6. The third kappa shape index (κ3) is 4.55. The lowest BCUT2D eigenvalue weighted by atomic mass is 10.1. The normalized spacial score (nSPS) is 11.1. The Balaban J connectivity index is 1.59. The van der Waals surface area contributed by atoms with E-state index >= 15 is 0 Å². The van der Waals surface area contributed by atoms with Crippen LogP contribution in [-0.2, 0) is 6.54 Å². The van der Waals surface area contributed by atoms with Gasteiger partial charge in [-0.05, 0) is 57.5 Å². The Morgan fingerprint density at radius 2 is 1.74 bits per heavy atom. The van der Waals surface area contributed by atoms with Crippen molar-refractivity contribution in [3.63, 3.8) is 0 Å². The first kappa shape index (κ1) is 20.5. The Morgan fingerprint density at radius 3 is 2.39 bits per heavy atom. The molecule has 4 rings (SSSR count). The van der Waals surface area contributed by atoms with Gasteiger partial charge in [0, 0.05) is 34.6 Å². The fourth-order valence-electron chi connectivity index (χ4n) is 3.27. The second-order valence-corrected chi connectivity index (χ2v) is 7.69. The second-order valence-electron chi connectivity index (χ2n) is 7.69. The minimum atomic E-state index is -0.200. The molecule has 158 valence electrons. The van der Waals surface area contributed by atoms with Crippen molar-refractivity contribution < 1.29 is 9.26 Å². The molecular formula is C24H24N4O3. The molecule has 0 fully saturated rings. The van der Waals surface area contributed by atoms with Crippen LogP contribution in [0, 0.1) is 13.8 Å². The summed E-state index contributed by atoms with van der Waals surface area (Å²) in [6, 6.07) is 13.1. The molecule has 0 N–H and O–H groups in total. The fourth-order valence-corrected chi connectivity index (χ4v) is 3.27. The van der Waals surface area contributed by atoms with Crippen LogP contribution in [0.15, 0.2) is 64.2 Å². The fraction of sp³-hybridized carbons (Fsp3) is 0.250. The van der Waals surface area contributed by atoms with Gasteiger partial charge in [-0.3, -0.25) is 9.78 Å². The summed E-state index contributed by atoms with van der Waals surface area (Å²) in [6.07, 6.45) is 3.55. The van der Waals surface area contributed by atoms with Crippen LogP contribution in [0.25, 0.3) is 22.4 Å². The smallest absolute Gasteiger partial charge is 0.267 e. The molecule has 0 saturated heterocycles. The van der Waals surface area contributed by atoms with Gasteiger partial charge < -0.3 is 9.26 Å². The average Bonchev–Trinajstić information content (AvgIpc) is 3.10. The van der Waals surface area contributed by atoms with Crippen molar-refractivity contribution in [3.8, 4) is 28.1 Å². The van der Waals surface area contributed by atoms with Crippen LogP contribution in [0.3, 0.4) is 0 Å². The van der Waals surface area contributed by atoms with Gasteiger partial charge in [0.15, 0.2) is 0 Å². The predicted molar refractivity (Wildman–Crippen MR) is 118 cm³/mol. The van der Waals surface area contributed by atoms with Gasteiger partial charge in [-0.2, -0.15) is 5.10 Å². The first-order chi connectivity index (χ1) is 14.9. The van der Waals surface area contributed by atoms with E-state index < -0.39 is 0 Å². The second kappa shape index (κ2) is 8.55. The summed E-state index contributed by atoms with van der Waals surface area (Å²) < 4.78 is 12.5. The molecule has 0 aliphatic carbocycles. The summed E-state index contributed by atoms with van der Waals surface area (Å²) in [7, 11) is 0. The van der Waals surface area contributed by atoms with Crippen LogP contribution in [0.2, 0.25) is 0 Å². The number of aromatic nitrogens is 4.